The number of amides is 1. The number of nitriles is 1. The van der Waals surface area contributed by atoms with Gasteiger partial charge in [-0.15, -0.1) is 0 Å². The Bertz CT molecular complexity index is 875. The number of benzene rings is 2. The molecule has 0 unspecified atom stereocenters. The van der Waals surface area contributed by atoms with E-state index in [1.54, 1.807) is 30.3 Å². The van der Waals surface area contributed by atoms with Gasteiger partial charge in [0, 0.05) is 17.6 Å². The molecule has 6 nitrogen and oxygen atoms in total. The first kappa shape index (κ1) is 18.5. The number of nitrogens with zero attached hydrogens (tertiary/aromatic N) is 1. The van der Waals surface area contributed by atoms with E-state index in [1.165, 1.54) is 19.4 Å². The van der Waals surface area contributed by atoms with E-state index in [0.717, 1.165) is 0 Å². The molecule has 0 aliphatic heterocycles. The summed E-state index contributed by atoms with van der Waals surface area (Å²) < 4.78 is 5.06. The maximum absolute atomic E-state index is 12.2. The largest absolute Gasteiger partial charge is 0.495 e. The van der Waals surface area contributed by atoms with Crippen molar-refractivity contribution in [1.29, 1.82) is 5.26 Å². The number of methoxy groups -OCH3 is 1. The lowest BCUT2D eigenvalue weighted by molar-refractivity contribution is -0.112. The topological polar surface area (TPSA) is 100 Å². The van der Waals surface area contributed by atoms with Gasteiger partial charge >= 0.3 is 0 Å². The molecule has 8 heteroatoms. The molecule has 0 saturated carbocycles. The van der Waals surface area contributed by atoms with E-state index in [1.807, 2.05) is 6.07 Å². The van der Waals surface area contributed by atoms with E-state index in [0.29, 0.717) is 32.9 Å². The lowest BCUT2D eigenvalue weighted by atomic mass is 10.2. The molecule has 128 valence electrons. The molecule has 2 aromatic carbocycles. The van der Waals surface area contributed by atoms with Crippen molar-refractivity contribution in [3.05, 3.63) is 58.2 Å². The first-order valence-corrected chi connectivity index (χ1v) is 7.77. The van der Waals surface area contributed by atoms with Crippen LogP contribution in [0.25, 0.3) is 0 Å². The molecule has 4 N–H and O–H groups in total. The fraction of sp³-hybridized carbons (Fsp3) is 0.0588. The van der Waals surface area contributed by atoms with Crippen LogP contribution < -0.4 is 21.1 Å². The summed E-state index contributed by atoms with van der Waals surface area (Å²) >= 11 is 11.9. The molecule has 0 saturated heterocycles. The van der Waals surface area contributed by atoms with Crippen LogP contribution in [0, 0.1) is 11.3 Å². The van der Waals surface area contributed by atoms with Crippen molar-refractivity contribution in [2.75, 3.05) is 23.5 Å². The second-order valence-corrected chi connectivity index (χ2v) is 5.67. The zero-order chi connectivity index (χ0) is 18.4. The highest BCUT2D eigenvalue weighted by Crippen LogP contribution is 2.27. The molecule has 0 aromatic heterocycles. The van der Waals surface area contributed by atoms with Crippen LogP contribution in [0.4, 0.5) is 17.1 Å². The minimum absolute atomic E-state index is 0.125. The lowest BCUT2D eigenvalue weighted by Crippen LogP contribution is -2.14. The summed E-state index contributed by atoms with van der Waals surface area (Å²) in [6.07, 6.45) is 1.28. The first-order chi connectivity index (χ1) is 11.9. The molecular formula is C17H14Cl2N4O2. The molecule has 0 aliphatic rings. The molecule has 0 heterocycles. The number of nitrogen functional groups attached to an aromatic ring is 1. The van der Waals surface area contributed by atoms with Crippen LogP contribution in [-0.4, -0.2) is 13.0 Å². The van der Waals surface area contributed by atoms with Gasteiger partial charge in [-0.3, -0.25) is 4.79 Å². The molecule has 2 aromatic rings. The molecule has 0 aliphatic carbocycles. The first-order valence-electron chi connectivity index (χ1n) is 7.01. The van der Waals surface area contributed by atoms with E-state index >= 15 is 0 Å². The van der Waals surface area contributed by atoms with Crippen LogP contribution in [0.3, 0.4) is 0 Å². The van der Waals surface area contributed by atoms with Crippen molar-refractivity contribution in [2.24, 2.45) is 0 Å². The molecule has 0 bridgehead atoms. The van der Waals surface area contributed by atoms with Crippen molar-refractivity contribution in [1.82, 2.24) is 0 Å². The second-order valence-electron chi connectivity index (χ2n) is 4.85. The summed E-state index contributed by atoms with van der Waals surface area (Å²) in [5.41, 5.74) is 6.91. The highest BCUT2D eigenvalue weighted by atomic mass is 35.5. The fourth-order valence-electron chi connectivity index (χ4n) is 1.86. The molecule has 2 rings (SSSR count). The van der Waals surface area contributed by atoms with Gasteiger partial charge in [-0.05, 0) is 36.4 Å². The number of nitrogens with two attached hydrogens (primary N) is 1. The van der Waals surface area contributed by atoms with Crippen molar-refractivity contribution >= 4 is 46.2 Å². The van der Waals surface area contributed by atoms with Crippen LogP contribution in [0.5, 0.6) is 5.75 Å². The average molecular weight is 377 g/mol. The van der Waals surface area contributed by atoms with Crippen molar-refractivity contribution in [3.8, 4) is 11.8 Å². The number of ether oxygens (including phenoxy) is 1. The van der Waals surface area contributed by atoms with Gasteiger partial charge in [0.1, 0.15) is 17.4 Å². The summed E-state index contributed by atoms with van der Waals surface area (Å²) in [5, 5.41) is 15.3. The van der Waals surface area contributed by atoms with Gasteiger partial charge < -0.3 is 21.1 Å². The molecular weight excluding hydrogens is 363 g/mol. The maximum atomic E-state index is 12.2. The van der Waals surface area contributed by atoms with E-state index in [4.69, 9.17) is 33.7 Å². The van der Waals surface area contributed by atoms with Crippen LogP contribution >= 0.6 is 23.2 Å². The van der Waals surface area contributed by atoms with Gasteiger partial charge in [-0.2, -0.15) is 5.26 Å². The van der Waals surface area contributed by atoms with Crippen LogP contribution in [0.2, 0.25) is 10.0 Å². The zero-order valence-electron chi connectivity index (χ0n) is 13.1. The van der Waals surface area contributed by atoms with Gasteiger partial charge in [-0.25, -0.2) is 0 Å². The van der Waals surface area contributed by atoms with Gasteiger partial charge in [0.15, 0.2) is 0 Å². The number of hydrogen-bond donors (Lipinski definition) is 3. The quantitative estimate of drug-likeness (QED) is 0.415. The van der Waals surface area contributed by atoms with Gasteiger partial charge in [0.05, 0.1) is 22.8 Å². The van der Waals surface area contributed by atoms with Crippen LogP contribution in [-0.2, 0) is 4.79 Å². The molecule has 25 heavy (non-hydrogen) atoms. The van der Waals surface area contributed by atoms with E-state index < -0.39 is 5.91 Å². The average Bonchev–Trinajstić information content (AvgIpc) is 2.59. The number of hydrogen-bond acceptors (Lipinski definition) is 5. The Morgan fingerprint density at radius 1 is 1.20 bits per heavy atom. The van der Waals surface area contributed by atoms with E-state index in [-0.39, 0.29) is 5.57 Å². The fourth-order valence-corrected chi connectivity index (χ4v) is 2.30. The standard InChI is InChI=1S/C17H14Cl2N4O2/c1-25-16-5-3-11(6-14(16)19)22-9-10(8-20)17(24)23-12-2-4-15(21)13(18)7-12/h2-7,9,22H,21H2,1H3,(H,23,24)/b10-9-. The van der Waals surface area contributed by atoms with Crippen molar-refractivity contribution < 1.29 is 9.53 Å². The molecule has 0 radical (unpaired) electrons. The van der Waals surface area contributed by atoms with E-state index in [2.05, 4.69) is 10.6 Å². The third-order valence-electron chi connectivity index (χ3n) is 3.16. The maximum Gasteiger partial charge on any atom is 0.267 e. The number of carbonyl (C=O) groups excluding carboxylic acids is 1. The summed E-state index contributed by atoms with van der Waals surface area (Å²) in [4.78, 5) is 12.2. The lowest BCUT2D eigenvalue weighted by Gasteiger charge is -2.08. The van der Waals surface area contributed by atoms with Crippen molar-refractivity contribution in [3.63, 3.8) is 0 Å². The Labute approximate surface area is 154 Å². The third-order valence-corrected chi connectivity index (χ3v) is 3.78. The summed E-state index contributed by atoms with van der Waals surface area (Å²) in [7, 11) is 1.51. The molecule has 0 atom stereocenters. The van der Waals surface area contributed by atoms with Gasteiger partial charge in [-0.1, -0.05) is 23.2 Å². The number of halogens is 2. The summed E-state index contributed by atoms with van der Waals surface area (Å²) in [6, 6.07) is 11.5. The minimum atomic E-state index is -0.588. The van der Waals surface area contributed by atoms with Crippen molar-refractivity contribution in [2.45, 2.75) is 0 Å². The third kappa shape index (κ3) is 4.80. The Hall–Kier alpha value is -2.88. The minimum Gasteiger partial charge on any atom is -0.495 e. The predicted molar refractivity (Wildman–Crippen MR) is 99.8 cm³/mol. The molecule has 1 amide bonds. The highest BCUT2D eigenvalue weighted by Gasteiger charge is 2.10. The van der Waals surface area contributed by atoms with Crippen LogP contribution in [0.15, 0.2) is 48.2 Å². The Balaban J connectivity index is 2.11. The molecule has 0 spiro atoms. The second kappa shape index (κ2) is 8.29. The number of nitrogens with one attached hydrogen (secondary N) is 2. The predicted octanol–water partition coefficient (Wildman–Crippen LogP) is 4.04. The van der Waals surface area contributed by atoms with Crippen LogP contribution in [0.1, 0.15) is 0 Å². The Morgan fingerprint density at radius 3 is 2.48 bits per heavy atom. The summed E-state index contributed by atoms with van der Waals surface area (Å²) in [5.74, 6) is -0.0647. The number of carbonyl (C=O) groups is 1. The zero-order valence-corrected chi connectivity index (χ0v) is 14.7. The Morgan fingerprint density at radius 2 is 1.88 bits per heavy atom. The highest BCUT2D eigenvalue weighted by molar-refractivity contribution is 6.33. The van der Waals surface area contributed by atoms with Gasteiger partial charge in [0.2, 0.25) is 0 Å². The van der Waals surface area contributed by atoms with E-state index in [9.17, 15) is 10.1 Å². The normalized spacial score (nSPS) is 10.7. The Kier molecular flexibility index (Phi) is 6.12. The SMILES string of the molecule is COc1ccc(N/C=C(/C#N)C(=O)Nc2ccc(N)c(Cl)c2)cc1Cl. The number of anilines is 3. The smallest absolute Gasteiger partial charge is 0.267 e. The monoisotopic (exact) mass is 376 g/mol. The molecule has 0 fully saturated rings. The van der Waals surface area contributed by atoms with Gasteiger partial charge in [0.25, 0.3) is 5.91 Å². The summed E-state index contributed by atoms with van der Waals surface area (Å²) in [6.45, 7) is 0. The number of rotatable bonds is 5.